The number of halogens is 1. The highest BCUT2D eigenvalue weighted by Gasteiger charge is 2.44. The Morgan fingerprint density at radius 2 is 2.07 bits per heavy atom. The van der Waals surface area contributed by atoms with E-state index in [-0.39, 0.29) is 5.41 Å². The Labute approximate surface area is 168 Å². The summed E-state index contributed by atoms with van der Waals surface area (Å²) in [4.78, 5) is 6.86. The van der Waals surface area contributed by atoms with E-state index in [2.05, 4.69) is 27.3 Å². The average molecular weight is 394 g/mol. The van der Waals surface area contributed by atoms with Gasteiger partial charge in [-0.2, -0.15) is 0 Å². The molecule has 0 radical (unpaired) electrons. The maximum Gasteiger partial charge on any atom is 0.193 e. The highest BCUT2D eigenvalue weighted by Crippen LogP contribution is 2.48. The zero-order valence-corrected chi connectivity index (χ0v) is 17.3. The lowest BCUT2D eigenvalue weighted by Crippen LogP contribution is -2.48. The van der Waals surface area contributed by atoms with Crippen LogP contribution in [0.15, 0.2) is 29.3 Å². The molecule has 0 atom stereocenters. The van der Waals surface area contributed by atoms with Crippen LogP contribution in [0.2, 0.25) is 5.02 Å². The van der Waals surface area contributed by atoms with Crippen molar-refractivity contribution in [3.63, 3.8) is 0 Å². The summed E-state index contributed by atoms with van der Waals surface area (Å²) in [6.07, 6.45) is 5.83. The number of hydrogen-bond donors (Lipinski definition) is 1. The average Bonchev–Trinajstić information content (AvgIpc) is 3.48. The van der Waals surface area contributed by atoms with Crippen molar-refractivity contribution in [2.45, 2.75) is 43.6 Å². The molecule has 0 bridgehead atoms. The Morgan fingerprint density at radius 1 is 1.30 bits per heavy atom. The molecule has 1 aliphatic carbocycles. The van der Waals surface area contributed by atoms with Crippen molar-refractivity contribution in [2.75, 3.05) is 47.0 Å². The second-order valence-electron chi connectivity index (χ2n) is 7.59. The van der Waals surface area contributed by atoms with Gasteiger partial charge in [-0.25, -0.2) is 0 Å². The molecule has 1 aromatic carbocycles. The summed E-state index contributed by atoms with van der Waals surface area (Å²) in [5, 5.41) is 4.43. The van der Waals surface area contributed by atoms with E-state index in [4.69, 9.17) is 21.1 Å². The standard InChI is InChI=1S/C21H32ClN3O2/c1-23-20(25-11-7-19(8-12-25)27-14-4-13-26-2)24-16-21(9-10-21)17-5-3-6-18(22)15-17/h3,5-6,15,19H,4,7-14,16H2,1-2H3,(H,23,24). The molecular weight excluding hydrogens is 362 g/mol. The van der Waals surface area contributed by atoms with Crippen LogP contribution >= 0.6 is 11.6 Å². The molecule has 1 saturated heterocycles. The summed E-state index contributed by atoms with van der Waals surface area (Å²) in [5.74, 6) is 1.00. The fraction of sp³-hybridized carbons (Fsp3) is 0.667. The van der Waals surface area contributed by atoms with Crippen LogP contribution in [-0.4, -0.2) is 64.0 Å². The minimum Gasteiger partial charge on any atom is -0.385 e. The van der Waals surface area contributed by atoms with E-state index >= 15 is 0 Å². The van der Waals surface area contributed by atoms with Crippen molar-refractivity contribution in [2.24, 2.45) is 4.99 Å². The van der Waals surface area contributed by atoms with E-state index in [1.165, 1.54) is 18.4 Å². The molecule has 0 aromatic heterocycles. The predicted octanol–water partition coefficient (Wildman–Crippen LogP) is 3.46. The van der Waals surface area contributed by atoms with Gasteiger partial charge in [0.25, 0.3) is 0 Å². The largest absolute Gasteiger partial charge is 0.385 e. The van der Waals surface area contributed by atoms with Crippen molar-refractivity contribution in [3.8, 4) is 0 Å². The Hall–Kier alpha value is -1.30. The number of hydrogen-bond acceptors (Lipinski definition) is 3. The molecule has 1 aromatic rings. The number of likely N-dealkylation sites (tertiary alicyclic amines) is 1. The van der Waals surface area contributed by atoms with Crippen molar-refractivity contribution < 1.29 is 9.47 Å². The Kier molecular flexibility index (Phi) is 7.39. The number of benzene rings is 1. The second-order valence-corrected chi connectivity index (χ2v) is 8.03. The van der Waals surface area contributed by atoms with Gasteiger partial charge in [-0.15, -0.1) is 0 Å². The SMILES string of the molecule is CN=C(NCC1(c2cccc(Cl)c2)CC1)N1CCC(OCCCOC)CC1. The summed E-state index contributed by atoms with van der Waals surface area (Å²) in [7, 11) is 3.60. The Balaban J connectivity index is 1.45. The van der Waals surface area contributed by atoms with Crippen molar-refractivity contribution in [1.82, 2.24) is 10.2 Å². The Bertz CT molecular complexity index is 626. The maximum atomic E-state index is 6.19. The van der Waals surface area contributed by atoms with Crippen LogP contribution in [-0.2, 0) is 14.9 Å². The van der Waals surface area contributed by atoms with Crippen LogP contribution < -0.4 is 5.32 Å². The van der Waals surface area contributed by atoms with Gasteiger partial charge in [-0.05, 0) is 49.8 Å². The molecule has 0 spiro atoms. The van der Waals surface area contributed by atoms with Crippen LogP contribution in [0.1, 0.15) is 37.7 Å². The van der Waals surface area contributed by atoms with E-state index < -0.39 is 0 Å². The molecule has 0 amide bonds. The number of aliphatic imine (C=N–C) groups is 1. The summed E-state index contributed by atoms with van der Waals surface area (Å²) in [6, 6.07) is 8.28. The first-order valence-electron chi connectivity index (χ1n) is 9.99. The topological polar surface area (TPSA) is 46.1 Å². The molecule has 3 rings (SSSR count). The van der Waals surface area contributed by atoms with Gasteiger partial charge in [-0.1, -0.05) is 23.7 Å². The highest BCUT2D eigenvalue weighted by atomic mass is 35.5. The van der Waals surface area contributed by atoms with E-state index in [9.17, 15) is 0 Å². The first-order valence-corrected chi connectivity index (χ1v) is 10.4. The third-order valence-corrected chi connectivity index (χ3v) is 5.91. The Morgan fingerprint density at radius 3 is 2.70 bits per heavy atom. The third kappa shape index (κ3) is 5.59. The fourth-order valence-electron chi connectivity index (χ4n) is 3.80. The van der Waals surface area contributed by atoms with Gasteiger partial charge in [0.05, 0.1) is 6.10 Å². The summed E-state index contributed by atoms with van der Waals surface area (Å²) < 4.78 is 11.0. The quantitative estimate of drug-likeness (QED) is 0.417. The summed E-state index contributed by atoms with van der Waals surface area (Å²) in [5.41, 5.74) is 1.55. The zero-order valence-electron chi connectivity index (χ0n) is 16.5. The molecule has 2 fully saturated rings. The van der Waals surface area contributed by atoms with E-state index in [1.807, 2.05) is 19.2 Å². The molecule has 6 heteroatoms. The number of nitrogens with one attached hydrogen (secondary N) is 1. The first-order chi connectivity index (χ1) is 13.2. The zero-order chi connectivity index (χ0) is 19.1. The van der Waals surface area contributed by atoms with Crippen molar-refractivity contribution >= 4 is 17.6 Å². The van der Waals surface area contributed by atoms with Crippen LogP contribution in [0, 0.1) is 0 Å². The van der Waals surface area contributed by atoms with Crippen molar-refractivity contribution in [3.05, 3.63) is 34.9 Å². The summed E-state index contributed by atoms with van der Waals surface area (Å²) in [6.45, 7) is 4.43. The number of ether oxygens (including phenoxy) is 2. The monoisotopic (exact) mass is 393 g/mol. The molecule has 0 unspecified atom stereocenters. The molecule has 27 heavy (non-hydrogen) atoms. The molecule has 1 N–H and O–H groups in total. The lowest BCUT2D eigenvalue weighted by atomic mass is 9.96. The minimum atomic E-state index is 0.212. The summed E-state index contributed by atoms with van der Waals surface area (Å²) >= 11 is 6.19. The van der Waals surface area contributed by atoms with Gasteiger partial charge in [0, 0.05) is 57.4 Å². The minimum absolute atomic E-state index is 0.212. The van der Waals surface area contributed by atoms with E-state index in [0.717, 1.165) is 63.1 Å². The van der Waals surface area contributed by atoms with Gasteiger partial charge in [0.2, 0.25) is 0 Å². The van der Waals surface area contributed by atoms with Gasteiger partial charge in [0.1, 0.15) is 0 Å². The van der Waals surface area contributed by atoms with Crippen LogP contribution in [0.4, 0.5) is 0 Å². The van der Waals surface area contributed by atoms with E-state index in [0.29, 0.717) is 6.10 Å². The second kappa shape index (κ2) is 9.76. The normalized spacial score (nSPS) is 20.0. The molecule has 5 nitrogen and oxygen atoms in total. The van der Waals surface area contributed by atoms with Gasteiger partial charge in [0.15, 0.2) is 5.96 Å². The molecule has 2 aliphatic rings. The molecule has 1 aliphatic heterocycles. The lowest BCUT2D eigenvalue weighted by molar-refractivity contribution is 0.00989. The number of methoxy groups -OCH3 is 1. The smallest absolute Gasteiger partial charge is 0.193 e. The molecule has 150 valence electrons. The first kappa shape index (κ1) is 20.4. The maximum absolute atomic E-state index is 6.19. The van der Waals surface area contributed by atoms with Crippen LogP contribution in [0.5, 0.6) is 0 Å². The molecular formula is C21H32ClN3O2. The fourth-order valence-corrected chi connectivity index (χ4v) is 4.00. The number of guanidine groups is 1. The van der Waals surface area contributed by atoms with Gasteiger partial charge < -0.3 is 19.7 Å². The number of nitrogens with zero attached hydrogens (tertiary/aromatic N) is 2. The van der Waals surface area contributed by atoms with Gasteiger partial charge in [-0.3, -0.25) is 4.99 Å². The van der Waals surface area contributed by atoms with Crippen LogP contribution in [0.25, 0.3) is 0 Å². The van der Waals surface area contributed by atoms with Gasteiger partial charge >= 0.3 is 0 Å². The lowest BCUT2D eigenvalue weighted by Gasteiger charge is -2.34. The van der Waals surface area contributed by atoms with Crippen LogP contribution in [0.3, 0.4) is 0 Å². The van der Waals surface area contributed by atoms with E-state index in [1.54, 1.807) is 7.11 Å². The number of rotatable bonds is 8. The number of piperidine rings is 1. The predicted molar refractivity (Wildman–Crippen MR) is 111 cm³/mol. The van der Waals surface area contributed by atoms with Crippen molar-refractivity contribution in [1.29, 1.82) is 0 Å². The highest BCUT2D eigenvalue weighted by molar-refractivity contribution is 6.30. The third-order valence-electron chi connectivity index (χ3n) is 5.68. The molecule has 1 heterocycles. The molecule has 1 saturated carbocycles.